The van der Waals surface area contributed by atoms with Gasteiger partial charge in [0, 0.05) is 6.42 Å². The number of hydrogen-bond acceptors (Lipinski definition) is 13. The van der Waals surface area contributed by atoms with E-state index in [9.17, 15) is 43.2 Å². The zero-order valence-corrected chi connectivity index (χ0v) is 49.4. The Bertz CT molecular complexity index is 1770. The van der Waals surface area contributed by atoms with Crippen LogP contribution in [0.1, 0.15) is 204 Å². The molecule has 78 heavy (non-hydrogen) atoms. The Morgan fingerprint density at radius 1 is 0.308 bits per heavy atom. The molecular weight excluding hydrogens is 999 g/mol. The van der Waals surface area contributed by atoms with Crippen LogP contribution in [-0.2, 0) is 43.2 Å². The molecule has 0 rings (SSSR count). The van der Waals surface area contributed by atoms with E-state index in [1.165, 1.54) is 0 Å². The van der Waals surface area contributed by atoms with Gasteiger partial charge in [-0.2, -0.15) is 0 Å². The molecule has 0 aliphatic rings. The number of carbonyl (C=O) groups excluding carboxylic acids is 9. The highest BCUT2D eigenvalue weighted by Crippen LogP contribution is 2.15. The Morgan fingerprint density at radius 3 is 0.821 bits per heavy atom. The van der Waals surface area contributed by atoms with Crippen molar-refractivity contribution in [1.82, 2.24) is 42.5 Å². The Morgan fingerprint density at radius 2 is 0.551 bits per heavy atom. The van der Waals surface area contributed by atoms with Crippen LogP contribution in [0.5, 0.6) is 0 Å². The van der Waals surface area contributed by atoms with Crippen LogP contribution in [0.4, 0.5) is 0 Å². The van der Waals surface area contributed by atoms with Crippen LogP contribution >= 0.6 is 0 Å². The van der Waals surface area contributed by atoms with E-state index in [0.29, 0.717) is 90.4 Å². The maximum atomic E-state index is 14.4. The molecule has 0 aromatic carbocycles. The number of nitrogens with one attached hydrogen (secondary N) is 8. The van der Waals surface area contributed by atoms with Crippen molar-refractivity contribution in [3.05, 3.63) is 0 Å². The van der Waals surface area contributed by atoms with Crippen molar-refractivity contribution >= 4 is 53.2 Å². The number of primary amides is 1. The third kappa shape index (κ3) is 33.5. The third-order valence-electron chi connectivity index (χ3n) is 13.2. The average Bonchev–Trinajstić information content (AvgIpc) is 3.35. The van der Waals surface area contributed by atoms with Crippen LogP contribution in [0.25, 0.3) is 0 Å². The summed E-state index contributed by atoms with van der Waals surface area (Å²) in [7, 11) is 0. The van der Waals surface area contributed by atoms with Crippen LogP contribution < -0.4 is 71.2 Å². The molecule has 22 nitrogen and oxygen atoms in total. The molecule has 0 aliphatic heterocycles. The second-order valence-corrected chi connectivity index (χ2v) is 22.8. The summed E-state index contributed by atoms with van der Waals surface area (Å²) in [5, 5.41) is 22.6. The molecule has 0 aliphatic carbocycles. The fourth-order valence-electron chi connectivity index (χ4n) is 8.93. The largest absolute Gasteiger partial charge is 0.368 e. The smallest absolute Gasteiger partial charge is 0.243 e. The number of hydrogen-bond donors (Lipinski definition) is 13. The molecule has 0 radical (unpaired) electrons. The summed E-state index contributed by atoms with van der Waals surface area (Å²) in [6, 6.07) is -8.68. The average molecular weight is 1110 g/mol. The van der Waals surface area contributed by atoms with Crippen molar-refractivity contribution < 1.29 is 43.2 Å². The Kier molecular flexibility index (Phi) is 40.2. The lowest BCUT2D eigenvalue weighted by molar-refractivity contribution is -0.136. The summed E-state index contributed by atoms with van der Waals surface area (Å²) in [6.45, 7) is 18.6. The van der Waals surface area contributed by atoms with E-state index in [-0.39, 0.29) is 80.9 Å². The summed E-state index contributed by atoms with van der Waals surface area (Å²) in [5.41, 5.74) is 28.8. The van der Waals surface area contributed by atoms with Crippen molar-refractivity contribution in [2.75, 3.05) is 26.2 Å². The standard InChI is InChI=1S/C56H109N13O9/c1-10-11-12-13-14-27-48(70)62-45(33-37(4)5)54(76)69-47(35-39(8)9)56(78)66-41(24-16-20-29-58)51(73)64-43(26-18-22-31-60)53(75)68-46(34-38(6)7)55(77)65-40(23-15-19-28-57)50(72)63-42(25-17-21-30-59)52(74)67-44(49(61)71)32-36(2)3/h36-47H,10-35,57-60H2,1-9H3,(H2,61,71)(H,62,70)(H,63,72)(H,64,73)(H,65,77)(H,66,78)(H,67,74)(H,68,75)(H,69,76)/t40-,41-,42-,43-,44-,45-,46-,47-/m0/s1. The predicted molar refractivity (Wildman–Crippen MR) is 307 cm³/mol. The van der Waals surface area contributed by atoms with Gasteiger partial charge in [-0.05, 0) is 159 Å². The monoisotopic (exact) mass is 1110 g/mol. The van der Waals surface area contributed by atoms with Crippen LogP contribution in [0.15, 0.2) is 0 Å². The fourth-order valence-corrected chi connectivity index (χ4v) is 8.93. The van der Waals surface area contributed by atoms with Crippen LogP contribution in [-0.4, -0.2) is 128 Å². The van der Waals surface area contributed by atoms with Crippen molar-refractivity contribution in [2.45, 2.75) is 252 Å². The molecule has 0 saturated heterocycles. The minimum atomic E-state index is -1.19. The highest BCUT2D eigenvalue weighted by Gasteiger charge is 2.35. The first-order chi connectivity index (χ1) is 36.9. The molecule has 18 N–H and O–H groups in total. The molecule has 0 bridgehead atoms. The highest BCUT2D eigenvalue weighted by molar-refractivity contribution is 5.98. The first-order valence-corrected chi connectivity index (χ1v) is 29.5. The Labute approximate surface area is 467 Å². The van der Waals surface area contributed by atoms with Crippen LogP contribution in [0.3, 0.4) is 0 Å². The number of unbranched alkanes of at least 4 members (excludes halogenated alkanes) is 8. The van der Waals surface area contributed by atoms with Gasteiger partial charge in [0.15, 0.2) is 0 Å². The Balaban J connectivity index is 6.78. The van der Waals surface area contributed by atoms with Gasteiger partial charge < -0.3 is 71.2 Å². The molecule has 0 aromatic heterocycles. The molecule has 0 fully saturated rings. The van der Waals surface area contributed by atoms with Gasteiger partial charge in [0.1, 0.15) is 48.3 Å². The van der Waals surface area contributed by atoms with Gasteiger partial charge in [-0.1, -0.05) is 88.0 Å². The molecule has 0 saturated carbocycles. The van der Waals surface area contributed by atoms with E-state index in [4.69, 9.17) is 28.7 Å². The van der Waals surface area contributed by atoms with Gasteiger partial charge in [-0.25, -0.2) is 0 Å². The van der Waals surface area contributed by atoms with Crippen LogP contribution in [0.2, 0.25) is 0 Å². The van der Waals surface area contributed by atoms with E-state index < -0.39 is 95.6 Å². The van der Waals surface area contributed by atoms with Gasteiger partial charge >= 0.3 is 0 Å². The van der Waals surface area contributed by atoms with Crippen molar-refractivity contribution in [2.24, 2.45) is 52.3 Å². The minimum Gasteiger partial charge on any atom is -0.368 e. The first-order valence-electron chi connectivity index (χ1n) is 29.5. The molecule has 8 atom stereocenters. The fraction of sp³-hybridized carbons (Fsp3) is 0.839. The lowest BCUT2D eigenvalue weighted by Crippen LogP contribution is -2.60. The zero-order chi connectivity index (χ0) is 59.2. The van der Waals surface area contributed by atoms with Gasteiger partial charge in [0.2, 0.25) is 53.2 Å². The topological polar surface area (TPSA) is 380 Å². The van der Waals surface area contributed by atoms with Gasteiger partial charge in [0.25, 0.3) is 0 Å². The number of carbonyl (C=O) groups is 9. The number of rotatable bonds is 46. The number of nitrogens with two attached hydrogens (primary N) is 5. The van der Waals surface area contributed by atoms with E-state index in [1.807, 2.05) is 55.4 Å². The lowest BCUT2D eigenvalue weighted by Gasteiger charge is -2.29. The molecule has 0 unspecified atom stereocenters. The predicted octanol–water partition coefficient (Wildman–Crippen LogP) is 2.41. The van der Waals surface area contributed by atoms with Crippen LogP contribution in [0, 0.1) is 23.7 Å². The van der Waals surface area contributed by atoms with Crippen molar-refractivity contribution in [3.8, 4) is 0 Å². The second kappa shape index (κ2) is 42.9. The van der Waals surface area contributed by atoms with Crippen molar-refractivity contribution in [3.63, 3.8) is 0 Å². The third-order valence-corrected chi connectivity index (χ3v) is 13.2. The summed E-state index contributed by atoms with van der Waals surface area (Å²) in [6.07, 6.45) is 10.7. The van der Waals surface area contributed by atoms with Gasteiger partial charge in [0.05, 0.1) is 0 Å². The number of amides is 9. The first kappa shape index (κ1) is 73.1. The Hall–Kier alpha value is -4.93. The van der Waals surface area contributed by atoms with Gasteiger partial charge in [-0.3, -0.25) is 43.2 Å². The summed E-state index contributed by atoms with van der Waals surface area (Å²) < 4.78 is 0. The lowest BCUT2D eigenvalue weighted by atomic mass is 9.99. The molecule has 9 amide bonds. The molecule has 0 spiro atoms. The summed E-state index contributed by atoms with van der Waals surface area (Å²) >= 11 is 0. The summed E-state index contributed by atoms with van der Waals surface area (Å²) in [5.74, 6) is -5.44. The molecule has 22 heteroatoms. The van der Waals surface area contributed by atoms with Crippen molar-refractivity contribution in [1.29, 1.82) is 0 Å². The zero-order valence-electron chi connectivity index (χ0n) is 49.4. The SMILES string of the molecule is CCCCCCCC(=O)N[C@@H](CC(C)C)C(=O)N[C@@H](CC(C)C)C(=O)N[C@@H](CCCCN)C(=O)N[C@@H](CCCCN)C(=O)N[C@@H](CC(C)C)C(=O)N[C@@H](CCCCN)C(=O)N[C@@H](CCCCN)C(=O)N[C@@H](CC(C)C)C(N)=O. The quantitative estimate of drug-likeness (QED) is 0.0390. The highest BCUT2D eigenvalue weighted by atomic mass is 16.2. The summed E-state index contributed by atoms with van der Waals surface area (Å²) in [4.78, 5) is 124. The molecular formula is C56H109N13O9. The normalized spacial score (nSPS) is 14.6. The van der Waals surface area contributed by atoms with E-state index in [0.717, 1.165) is 25.7 Å². The maximum Gasteiger partial charge on any atom is 0.243 e. The van der Waals surface area contributed by atoms with Gasteiger partial charge in [-0.15, -0.1) is 0 Å². The molecule has 452 valence electrons. The minimum absolute atomic E-state index is 0.0313. The van der Waals surface area contributed by atoms with E-state index in [2.05, 4.69) is 49.5 Å². The van der Waals surface area contributed by atoms with E-state index in [1.54, 1.807) is 0 Å². The maximum absolute atomic E-state index is 14.4. The molecule has 0 heterocycles. The van der Waals surface area contributed by atoms with E-state index >= 15 is 0 Å². The molecule has 0 aromatic rings. The second-order valence-electron chi connectivity index (χ2n) is 22.8.